The van der Waals surface area contributed by atoms with Crippen molar-refractivity contribution in [3.05, 3.63) is 11.9 Å². The Kier molecular flexibility index (Phi) is 2.88. The van der Waals surface area contributed by atoms with Gasteiger partial charge in [0.05, 0.1) is 11.3 Å². The Bertz CT molecular complexity index is 380. The van der Waals surface area contributed by atoms with Crippen molar-refractivity contribution < 1.29 is 5.11 Å². The van der Waals surface area contributed by atoms with Crippen LogP contribution in [0.5, 0.6) is 0 Å². The Morgan fingerprint density at radius 1 is 1.41 bits per heavy atom. The summed E-state index contributed by atoms with van der Waals surface area (Å²) in [5.41, 5.74) is 0.348. The second-order valence-corrected chi connectivity index (χ2v) is 5.53. The maximum Gasteiger partial charge on any atom is 0.0855 e. The molecule has 1 aromatic rings. The van der Waals surface area contributed by atoms with Crippen molar-refractivity contribution in [1.29, 1.82) is 0 Å². The normalized spacial score (nSPS) is 23.8. The lowest BCUT2D eigenvalue weighted by atomic mass is 9.88. The third-order valence-electron chi connectivity index (χ3n) is 3.77. The second-order valence-electron chi connectivity index (χ2n) is 5.53. The van der Waals surface area contributed by atoms with Gasteiger partial charge in [0.25, 0.3) is 0 Å². The Morgan fingerprint density at radius 2 is 2.18 bits per heavy atom. The Balaban J connectivity index is 1.61. The van der Waals surface area contributed by atoms with Gasteiger partial charge < -0.3 is 10.4 Å². The average Bonchev–Trinajstić information content (AvgIpc) is 3.00. The molecule has 1 saturated carbocycles. The molecule has 17 heavy (non-hydrogen) atoms. The predicted octanol–water partition coefficient (Wildman–Crippen LogP) is 0.345. The van der Waals surface area contributed by atoms with Crippen LogP contribution in [0.1, 0.15) is 31.4 Å². The average molecular weight is 236 g/mol. The molecule has 0 aromatic carbocycles. The fraction of sp³-hybridized carbons (Fsp3) is 0.833. The lowest BCUT2D eigenvalue weighted by Crippen LogP contribution is -2.43. The van der Waals surface area contributed by atoms with E-state index in [1.165, 1.54) is 12.8 Å². The molecular weight excluding hydrogens is 216 g/mol. The van der Waals surface area contributed by atoms with Gasteiger partial charge >= 0.3 is 0 Å². The molecule has 2 aliphatic rings. The monoisotopic (exact) mass is 236 g/mol. The molecule has 0 radical (unpaired) electrons. The van der Waals surface area contributed by atoms with Gasteiger partial charge in [-0.15, -0.1) is 5.10 Å². The third-order valence-corrected chi connectivity index (χ3v) is 3.77. The smallest absolute Gasteiger partial charge is 0.0855 e. The zero-order valence-corrected chi connectivity index (χ0v) is 10.1. The van der Waals surface area contributed by atoms with E-state index < -0.39 is 5.60 Å². The van der Waals surface area contributed by atoms with E-state index in [0.29, 0.717) is 6.42 Å². The van der Waals surface area contributed by atoms with Crippen molar-refractivity contribution in [3.63, 3.8) is 0 Å². The van der Waals surface area contributed by atoms with E-state index >= 15 is 0 Å². The van der Waals surface area contributed by atoms with Crippen LogP contribution in [0.25, 0.3) is 0 Å². The Morgan fingerprint density at radius 3 is 2.88 bits per heavy atom. The highest BCUT2D eigenvalue weighted by atomic mass is 16.3. The molecule has 1 aliphatic carbocycles. The molecule has 1 saturated heterocycles. The highest BCUT2D eigenvalue weighted by molar-refractivity contribution is 5.01. The van der Waals surface area contributed by atoms with Gasteiger partial charge in [0.15, 0.2) is 0 Å². The lowest BCUT2D eigenvalue weighted by molar-refractivity contribution is 0.00999. The van der Waals surface area contributed by atoms with E-state index in [1.54, 1.807) is 0 Å². The molecule has 2 heterocycles. The van der Waals surface area contributed by atoms with E-state index in [4.69, 9.17) is 0 Å². The quantitative estimate of drug-likeness (QED) is 0.791. The fourth-order valence-corrected chi connectivity index (χ4v) is 2.48. The summed E-state index contributed by atoms with van der Waals surface area (Å²) in [7, 11) is 0. The number of hydrogen-bond acceptors (Lipinski definition) is 4. The van der Waals surface area contributed by atoms with Crippen LogP contribution in [-0.4, -0.2) is 38.8 Å². The Hall–Kier alpha value is -0.940. The van der Waals surface area contributed by atoms with Crippen LogP contribution in [0.3, 0.4) is 0 Å². The summed E-state index contributed by atoms with van der Waals surface area (Å²) in [5.74, 6) is 0.812. The lowest BCUT2D eigenvalue weighted by Gasteiger charge is -2.31. The minimum absolute atomic E-state index is 0.578. The molecule has 2 fully saturated rings. The number of aromatic nitrogens is 3. The van der Waals surface area contributed by atoms with Crippen LogP contribution in [0.15, 0.2) is 6.20 Å². The first-order valence-electron chi connectivity index (χ1n) is 6.56. The molecule has 1 aliphatic heterocycles. The van der Waals surface area contributed by atoms with E-state index in [-0.39, 0.29) is 0 Å². The summed E-state index contributed by atoms with van der Waals surface area (Å²) in [6.45, 7) is 2.78. The van der Waals surface area contributed by atoms with Crippen LogP contribution in [0, 0.1) is 5.92 Å². The zero-order chi connectivity index (χ0) is 11.7. The van der Waals surface area contributed by atoms with Gasteiger partial charge in [-0.1, -0.05) is 5.21 Å². The van der Waals surface area contributed by atoms with Gasteiger partial charge in [-0.2, -0.15) is 0 Å². The first-order valence-corrected chi connectivity index (χ1v) is 6.56. The number of piperidine rings is 1. The van der Waals surface area contributed by atoms with Crippen LogP contribution < -0.4 is 5.32 Å². The summed E-state index contributed by atoms with van der Waals surface area (Å²) >= 11 is 0. The minimum atomic E-state index is -0.578. The highest BCUT2D eigenvalue weighted by Crippen LogP contribution is 2.30. The first kappa shape index (κ1) is 11.2. The Labute approximate surface area is 101 Å². The van der Waals surface area contributed by atoms with E-state index in [1.807, 2.05) is 10.9 Å². The number of rotatable bonds is 4. The molecule has 0 atom stereocenters. The van der Waals surface area contributed by atoms with Crippen molar-refractivity contribution in [1.82, 2.24) is 20.3 Å². The molecule has 0 amide bonds. The molecule has 94 valence electrons. The molecule has 0 spiro atoms. The second kappa shape index (κ2) is 4.38. The number of aliphatic hydroxyl groups is 1. The van der Waals surface area contributed by atoms with Crippen LogP contribution in [0.4, 0.5) is 0 Å². The summed E-state index contributed by atoms with van der Waals surface area (Å²) < 4.78 is 1.93. The van der Waals surface area contributed by atoms with Gasteiger partial charge in [-0.3, -0.25) is 4.68 Å². The van der Waals surface area contributed by atoms with Crippen molar-refractivity contribution >= 4 is 0 Å². The highest BCUT2D eigenvalue weighted by Gasteiger charge is 2.30. The predicted molar refractivity (Wildman–Crippen MR) is 63.5 cm³/mol. The third kappa shape index (κ3) is 2.84. The molecule has 3 rings (SSSR count). The van der Waals surface area contributed by atoms with E-state index in [2.05, 4.69) is 15.6 Å². The van der Waals surface area contributed by atoms with Gasteiger partial charge in [-0.05, 0) is 44.7 Å². The summed E-state index contributed by atoms with van der Waals surface area (Å²) in [4.78, 5) is 0. The van der Waals surface area contributed by atoms with Crippen LogP contribution in [-0.2, 0) is 13.0 Å². The van der Waals surface area contributed by atoms with Gasteiger partial charge in [0.2, 0.25) is 0 Å². The first-order chi connectivity index (χ1) is 8.23. The standard InChI is InChI=1S/C12H20N4O/c17-12(3-5-13-6-4-12)7-11-9-16(15-14-11)8-10-1-2-10/h9-10,13,17H,1-8H2. The molecule has 5 heteroatoms. The number of nitrogens with one attached hydrogen (secondary N) is 1. The number of hydrogen-bond donors (Lipinski definition) is 2. The summed E-state index contributed by atoms with van der Waals surface area (Å²) in [6, 6.07) is 0. The molecular formula is C12H20N4O. The van der Waals surface area contributed by atoms with Crippen molar-refractivity contribution in [2.24, 2.45) is 5.92 Å². The minimum Gasteiger partial charge on any atom is -0.389 e. The van der Waals surface area contributed by atoms with Gasteiger partial charge in [-0.25, -0.2) is 0 Å². The van der Waals surface area contributed by atoms with Gasteiger partial charge in [0, 0.05) is 19.2 Å². The largest absolute Gasteiger partial charge is 0.389 e. The van der Waals surface area contributed by atoms with E-state index in [9.17, 15) is 5.11 Å². The fourth-order valence-electron chi connectivity index (χ4n) is 2.48. The number of nitrogens with zero attached hydrogens (tertiary/aromatic N) is 3. The topological polar surface area (TPSA) is 63.0 Å². The summed E-state index contributed by atoms with van der Waals surface area (Å²) in [6.07, 6.45) is 6.90. The van der Waals surface area contributed by atoms with Crippen molar-refractivity contribution in [2.75, 3.05) is 13.1 Å². The van der Waals surface area contributed by atoms with Crippen molar-refractivity contribution in [2.45, 2.75) is 44.2 Å². The SMILES string of the molecule is OC1(Cc2cn(CC3CC3)nn2)CCNCC1. The van der Waals surface area contributed by atoms with Crippen LogP contribution in [0.2, 0.25) is 0 Å². The molecule has 0 unspecified atom stereocenters. The van der Waals surface area contributed by atoms with Crippen molar-refractivity contribution in [3.8, 4) is 0 Å². The maximum atomic E-state index is 10.4. The van der Waals surface area contributed by atoms with Crippen LogP contribution >= 0.6 is 0 Å². The maximum absolute atomic E-state index is 10.4. The van der Waals surface area contributed by atoms with Gasteiger partial charge in [0.1, 0.15) is 0 Å². The van der Waals surface area contributed by atoms with E-state index in [0.717, 1.165) is 44.1 Å². The molecule has 5 nitrogen and oxygen atoms in total. The molecule has 0 bridgehead atoms. The summed E-state index contributed by atoms with van der Waals surface area (Å²) in [5, 5.41) is 22.0. The molecule has 1 aromatic heterocycles. The molecule has 2 N–H and O–H groups in total. The zero-order valence-electron chi connectivity index (χ0n) is 10.1.